The molecule has 0 saturated heterocycles. The van der Waals surface area contributed by atoms with Gasteiger partial charge in [0.25, 0.3) is 0 Å². The molecule has 2 rings (SSSR count). The van der Waals surface area contributed by atoms with Crippen LogP contribution in [0.15, 0.2) is 47.6 Å². The Morgan fingerprint density at radius 2 is 1.79 bits per heavy atom. The van der Waals surface area contributed by atoms with E-state index in [4.69, 9.17) is 12.2 Å². The Balaban J connectivity index is 2.01. The number of aromatic hydroxyl groups is 2. The van der Waals surface area contributed by atoms with Crippen LogP contribution in [0.3, 0.4) is 0 Å². The van der Waals surface area contributed by atoms with Gasteiger partial charge in [0.2, 0.25) is 0 Å². The third kappa shape index (κ3) is 4.59. The topological polar surface area (TPSA) is 76.9 Å². The lowest BCUT2D eigenvalue weighted by atomic mass is 10.2. The Hall–Kier alpha value is -2.81. The molecule has 0 heterocycles. The van der Waals surface area contributed by atoms with Crippen molar-refractivity contribution in [1.29, 1.82) is 0 Å². The number of nitrogens with zero attached hydrogens (tertiary/aromatic N) is 1. The number of alkyl halides is 3. The highest BCUT2D eigenvalue weighted by atomic mass is 32.1. The first-order chi connectivity index (χ1) is 11.3. The molecule has 0 bridgehead atoms. The van der Waals surface area contributed by atoms with Crippen molar-refractivity contribution in [3.63, 3.8) is 0 Å². The molecule has 0 aliphatic rings. The third-order valence-electron chi connectivity index (χ3n) is 2.86. The fourth-order valence-electron chi connectivity index (χ4n) is 1.78. The normalized spacial score (nSPS) is 11.5. The zero-order valence-electron chi connectivity index (χ0n) is 12.0. The predicted molar refractivity (Wildman–Crippen MR) is 88.2 cm³/mol. The number of benzene rings is 2. The van der Waals surface area contributed by atoms with E-state index in [1.807, 2.05) is 0 Å². The van der Waals surface area contributed by atoms with Gasteiger partial charge in [-0.15, -0.1) is 0 Å². The summed E-state index contributed by atoms with van der Waals surface area (Å²) >= 11 is 4.89. The van der Waals surface area contributed by atoms with Gasteiger partial charge >= 0.3 is 6.18 Å². The van der Waals surface area contributed by atoms with Gasteiger partial charge in [0.1, 0.15) is 0 Å². The van der Waals surface area contributed by atoms with Gasteiger partial charge in [0.05, 0.1) is 17.5 Å². The molecule has 2 aromatic rings. The number of thiocarbonyl (C=S) groups is 1. The van der Waals surface area contributed by atoms with Crippen LogP contribution < -0.4 is 10.7 Å². The number of rotatable bonds is 3. The number of halogens is 3. The van der Waals surface area contributed by atoms with Crippen molar-refractivity contribution >= 4 is 29.2 Å². The maximum atomic E-state index is 12.9. The molecule has 126 valence electrons. The average Bonchev–Trinajstić information content (AvgIpc) is 2.50. The summed E-state index contributed by atoms with van der Waals surface area (Å²) in [6.45, 7) is 0. The molecule has 0 unspecified atom stereocenters. The number of nitrogens with one attached hydrogen (secondary N) is 2. The zero-order chi connectivity index (χ0) is 17.7. The first-order valence-corrected chi connectivity index (χ1v) is 6.96. The maximum absolute atomic E-state index is 12.9. The minimum absolute atomic E-state index is 0.133. The second-order valence-electron chi connectivity index (χ2n) is 4.62. The van der Waals surface area contributed by atoms with Crippen LogP contribution in [0.4, 0.5) is 18.9 Å². The van der Waals surface area contributed by atoms with Crippen LogP contribution in [0.25, 0.3) is 0 Å². The number of anilines is 1. The van der Waals surface area contributed by atoms with Crippen molar-refractivity contribution in [2.24, 2.45) is 5.10 Å². The predicted octanol–water partition coefficient (Wildman–Crippen LogP) is 3.44. The molecule has 9 heteroatoms. The molecule has 5 nitrogen and oxygen atoms in total. The van der Waals surface area contributed by atoms with E-state index >= 15 is 0 Å². The summed E-state index contributed by atoms with van der Waals surface area (Å²) < 4.78 is 38.6. The first kappa shape index (κ1) is 17.5. The van der Waals surface area contributed by atoms with Crippen molar-refractivity contribution in [2.45, 2.75) is 6.18 Å². The lowest BCUT2D eigenvalue weighted by molar-refractivity contribution is -0.136. The fourth-order valence-corrected chi connectivity index (χ4v) is 1.94. The molecule has 0 amide bonds. The van der Waals surface area contributed by atoms with E-state index in [1.165, 1.54) is 42.6 Å². The molecule has 0 radical (unpaired) electrons. The molecule has 0 spiro atoms. The summed E-state index contributed by atoms with van der Waals surface area (Å²) in [5, 5.41) is 24.5. The quantitative estimate of drug-likeness (QED) is 0.294. The Bertz CT molecular complexity index is 779. The van der Waals surface area contributed by atoms with Gasteiger partial charge in [-0.3, -0.25) is 5.43 Å². The van der Waals surface area contributed by atoms with Crippen molar-refractivity contribution in [1.82, 2.24) is 5.43 Å². The van der Waals surface area contributed by atoms with Gasteiger partial charge < -0.3 is 15.5 Å². The van der Waals surface area contributed by atoms with Crippen molar-refractivity contribution in [3.05, 3.63) is 53.6 Å². The van der Waals surface area contributed by atoms with E-state index in [1.54, 1.807) is 0 Å². The molecule has 0 atom stereocenters. The highest BCUT2D eigenvalue weighted by Crippen LogP contribution is 2.34. The summed E-state index contributed by atoms with van der Waals surface area (Å²) in [5.41, 5.74) is 1.79. The zero-order valence-corrected chi connectivity index (χ0v) is 12.8. The highest BCUT2D eigenvalue weighted by molar-refractivity contribution is 7.80. The lowest BCUT2D eigenvalue weighted by Gasteiger charge is -2.14. The molecule has 0 aromatic heterocycles. The van der Waals surface area contributed by atoms with E-state index in [-0.39, 0.29) is 22.3 Å². The Kier molecular flexibility index (Phi) is 5.24. The van der Waals surface area contributed by atoms with Gasteiger partial charge in [0, 0.05) is 0 Å². The largest absolute Gasteiger partial charge is 0.504 e. The lowest BCUT2D eigenvalue weighted by Crippen LogP contribution is -2.25. The Labute approximate surface area is 140 Å². The molecule has 0 aliphatic carbocycles. The molecular weight excluding hydrogens is 343 g/mol. The van der Waals surface area contributed by atoms with E-state index in [0.29, 0.717) is 5.56 Å². The van der Waals surface area contributed by atoms with E-state index in [0.717, 1.165) is 6.07 Å². The second kappa shape index (κ2) is 7.18. The molecule has 2 aromatic carbocycles. The Morgan fingerprint density at radius 1 is 1.08 bits per heavy atom. The summed E-state index contributed by atoms with van der Waals surface area (Å²) in [7, 11) is 0. The third-order valence-corrected chi connectivity index (χ3v) is 3.05. The summed E-state index contributed by atoms with van der Waals surface area (Å²) in [6.07, 6.45) is -3.23. The van der Waals surface area contributed by atoms with Crippen LogP contribution in [0.1, 0.15) is 11.1 Å². The van der Waals surface area contributed by atoms with E-state index < -0.39 is 11.7 Å². The van der Waals surface area contributed by atoms with Crippen molar-refractivity contribution < 1.29 is 23.4 Å². The van der Waals surface area contributed by atoms with Gasteiger partial charge in [-0.05, 0) is 48.1 Å². The van der Waals surface area contributed by atoms with Crippen LogP contribution in [0.2, 0.25) is 0 Å². The highest BCUT2D eigenvalue weighted by Gasteiger charge is 2.33. The average molecular weight is 355 g/mol. The number of phenols is 2. The van der Waals surface area contributed by atoms with Gasteiger partial charge in [-0.25, -0.2) is 0 Å². The van der Waals surface area contributed by atoms with Crippen LogP contribution in [0, 0.1) is 0 Å². The van der Waals surface area contributed by atoms with Crippen molar-refractivity contribution in [3.8, 4) is 11.5 Å². The van der Waals surface area contributed by atoms with Crippen molar-refractivity contribution in [2.75, 3.05) is 5.32 Å². The number of hydrogen-bond acceptors (Lipinski definition) is 4. The van der Waals surface area contributed by atoms with Gasteiger partial charge in [0.15, 0.2) is 16.6 Å². The first-order valence-electron chi connectivity index (χ1n) is 6.55. The molecular formula is C15H12F3N3O2S. The molecule has 0 aliphatic heterocycles. The number of hydrazone groups is 1. The number of phenolic OH excluding ortho intramolecular Hbond substituents is 2. The maximum Gasteiger partial charge on any atom is 0.418 e. The van der Waals surface area contributed by atoms with Gasteiger partial charge in [-0.1, -0.05) is 12.1 Å². The molecule has 4 N–H and O–H groups in total. The van der Waals surface area contributed by atoms with Crippen LogP contribution >= 0.6 is 12.2 Å². The van der Waals surface area contributed by atoms with E-state index in [2.05, 4.69) is 15.8 Å². The standard InChI is InChI=1S/C15H12F3N3O2S/c16-15(17,18)10-3-1-2-4-11(10)20-14(24)21-19-8-9-5-6-12(22)13(23)7-9/h1-8,22-23H,(H2,20,21,24)/b19-8+. The minimum Gasteiger partial charge on any atom is -0.504 e. The van der Waals surface area contributed by atoms with Crippen LogP contribution in [0.5, 0.6) is 11.5 Å². The second-order valence-corrected chi connectivity index (χ2v) is 5.02. The SMILES string of the molecule is Oc1ccc(/C=N/NC(=S)Nc2ccccc2C(F)(F)F)cc1O. The fraction of sp³-hybridized carbons (Fsp3) is 0.0667. The summed E-state index contributed by atoms with van der Waals surface area (Å²) in [4.78, 5) is 0. The Morgan fingerprint density at radius 3 is 2.46 bits per heavy atom. The van der Waals surface area contributed by atoms with Gasteiger partial charge in [-0.2, -0.15) is 18.3 Å². The molecule has 0 fully saturated rings. The number of para-hydroxylation sites is 1. The van der Waals surface area contributed by atoms with Crippen LogP contribution in [-0.2, 0) is 6.18 Å². The van der Waals surface area contributed by atoms with Crippen LogP contribution in [-0.4, -0.2) is 21.5 Å². The smallest absolute Gasteiger partial charge is 0.418 e. The molecule has 24 heavy (non-hydrogen) atoms. The monoisotopic (exact) mass is 355 g/mol. The van der Waals surface area contributed by atoms with E-state index in [9.17, 15) is 23.4 Å². The number of hydrogen-bond donors (Lipinski definition) is 4. The molecule has 0 saturated carbocycles. The summed E-state index contributed by atoms with van der Waals surface area (Å²) in [6, 6.07) is 8.92. The summed E-state index contributed by atoms with van der Waals surface area (Å²) in [5.74, 6) is -0.597. The minimum atomic E-state index is -4.51.